The summed E-state index contributed by atoms with van der Waals surface area (Å²) in [6, 6.07) is 1.44. The molecular formula is C11H11ClN4OS. The first kappa shape index (κ1) is 13.0. The zero-order valence-corrected chi connectivity index (χ0v) is 11.7. The molecule has 0 aliphatic rings. The van der Waals surface area contributed by atoms with Crippen molar-refractivity contribution in [3.63, 3.8) is 0 Å². The molecule has 0 amide bonds. The average Bonchev–Trinajstić information content (AvgIpc) is 2.29. The number of aromatic nitrogens is 4. The SMILES string of the molecule is Cc1cc(=O)[nH]c(Sc2nnc(Cl)c(C)c2C)n1. The molecule has 0 aromatic carbocycles. The molecule has 1 N–H and O–H groups in total. The van der Waals surface area contributed by atoms with Gasteiger partial charge in [-0.1, -0.05) is 11.6 Å². The van der Waals surface area contributed by atoms with Crippen LogP contribution in [0.25, 0.3) is 0 Å². The standard InChI is InChI=1S/C11H11ClN4OS/c1-5-4-8(17)14-11(13-5)18-10-7(3)6(2)9(12)15-16-10/h4H,1-3H3,(H,13,14,17). The van der Waals surface area contributed by atoms with Gasteiger partial charge in [-0.3, -0.25) is 4.79 Å². The molecule has 0 aliphatic heterocycles. The molecule has 7 heteroatoms. The van der Waals surface area contributed by atoms with E-state index in [9.17, 15) is 4.79 Å². The molecule has 0 saturated heterocycles. The van der Waals surface area contributed by atoms with Crippen molar-refractivity contribution < 1.29 is 0 Å². The van der Waals surface area contributed by atoms with Gasteiger partial charge in [-0.25, -0.2) is 4.98 Å². The van der Waals surface area contributed by atoms with Gasteiger partial charge in [-0.2, -0.15) is 0 Å². The first-order valence-corrected chi connectivity index (χ1v) is 6.42. The van der Waals surface area contributed by atoms with Gasteiger partial charge in [-0.05, 0) is 43.7 Å². The summed E-state index contributed by atoms with van der Waals surface area (Å²) in [6.07, 6.45) is 0. The van der Waals surface area contributed by atoms with Crippen LogP contribution >= 0.6 is 23.4 Å². The van der Waals surface area contributed by atoms with E-state index < -0.39 is 0 Å². The number of nitrogens with one attached hydrogen (secondary N) is 1. The molecule has 0 atom stereocenters. The predicted molar refractivity (Wildman–Crippen MR) is 70.2 cm³/mol. The number of hydrogen-bond acceptors (Lipinski definition) is 5. The van der Waals surface area contributed by atoms with E-state index in [0.29, 0.717) is 21.0 Å². The normalized spacial score (nSPS) is 10.7. The second-order valence-corrected chi connectivity index (χ2v) is 5.18. The van der Waals surface area contributed by atoms with Gasteiger partial charge in [0.25, 0.3) is 5.56 Å². The van der Waals surface area contributed by atoms with Crippen LogP contribution in [-0.4, -0.2) is 20.2 Å². The van der Waals surface area contributed by atoms with Crippen LogP contribution in [0.1, 0.15) is 16.8 Å². The molecular weight excluding hydrogens is 272 g/mol. The minimum absolute atomic E-state index is 0.179. The lowest BCUT2D eigenvalue weighted by atomic mass is 10.2. The molecule has 5 nitrogen and oxygen atoms in total. The van der Waals surface area contributed by atoms with Crippen molar-refractivity contribution in [3.05, 3.63) is 38.4 Å². The summed E-state index contributed by atoms with van der Waals surface area (Å²) >= 11 is 7.15. The molecule has 0 aliphatic carbocycles. The number of hydrogen-bond donors (Lipinski definition) is 1. The fraction of sp³-hybridized carbons (Fsp3) is 0.273. The summed E-state index contributed by atoms with van der Waals surface area (Å²) in [5, 5.41) is 9.44. The number of aromatic amines is 1. The molecule has 18 heavy (non-hydrogen) atoms. The van der Waals surface area contributed by atoms with Crippen LogP contribution in [0.15, 0.2) is 21.0 Å². The molecule has 94 valence electrons. The number of rotatable bonds is 2. The second-order valence-electron chi connectivity index (χ2n) is 3.84. The molecule has 0 saturated carbocycles. The van der Waals surface area contributed by atoms with Gasteiger partial charge in [-0.15, -0.1) is 10.2 Å². The first-order valence-electron chi connectivity index (χ1n) is 5.22. The second kappa shape index (κ2) is 5.07. The molecule has 0 spiro atoms. The molecule has 0 fully saturated rings. The van der Waals surface area contributed by atoms with Gasteiger partial charge >= 0.3 is 0 Å². The Hall–Kier alpha value is -1.40. The van der Waals surface area contributed by atoms with E-state index in [2.05, 4.69) is 20.2 Å². The Morgan fingerprint density at radius 2 is 1.94 bits per heavy atom. The summed E-state index contributed by atoms with van der Waals surface area (Å²) in [5.74, 6) is 0. The van der Waals surface area contributed by atoms with Crippen LogP contribution in [-0.2, 0) is 0 Å². The predicted octanol–water partition coefficient (Wildman–Crippen LogP) is 2.29. The van der Waals surface area contributed by atoms with Crippen molar-refractivity contribution in [2.45, 2.75) is 31.0 Å². The van der Waals surface area contributed by atoms with Gasteiger partial charge in [0, 0.05) is 11.8 Å². The first-order chi connectivity index (χ1) is 8.47. The maximum absolute atomic E-state index is 11.3. The molecule has 0 radical (unpaired) electrons. The smallest absolute Gasteiger partial charge is 0.251 e. The number of aryl methyl sites for hydroxylation is 1. The van der Waals surface area contributed by atoms with Crippen molar-refractivity contribution in [2.75, 3.05) is 0 Å². The summed E-state index contributed by atoms with van der Waals surface area (Å²) in [7, 11) is 0. The number of H-pyrrole nitrogens is 1. The van der Waals surface area contributed by atoms with E-state index in [1.165, 1.54) is 17.8 Å². The maximum Gasteiger partial charge on any atom is 0.251 e. The fourth-order valence-electron chi connectivity index (χ4n) is 1.34. The highest BCUT2D eigenvalue weighted by Crippen LogP contribution is 2.28. The molecule has 0 unspecified atom stereocenters. The van der Waals surface area contributed by atoms with Gasteiger partial charge in [0.15, 0.2) is 10.3 Å². The van der Waals surface area contributed by atoms with Crippen molar-refractivity contribution in [1.29, 1.82) is 0 Å². The monoisotopic (exact) mass is 282 g/mol. The van der Waals surface area contributed by atoms with Gasteiger partial charge in [0.2, 0.25) is 0 Å². The lowest BCUT2D eigenvalue weighted by Crippen LogP contribution is -2.08. The van der Waals surface area contributed by atoms with E-state index >= 15 is 0 Å². The van der Waals surface area contributed by atoms with E-state index in [0.717, 1.165) is 11.1 Å². The van der Waals surface area contributed by atoms with Crippen LogP contribution in [0.2, 0.25) is 5.15 Å². The Labute approximate surface area is 113 Å². The fourth-order valence-corrected chi connectivity index (χ4v) is 2.43. The van der Waals surface area contributed by atoms with E-state index in [1.807, 2.05) is 13.8 Å². The molecule has 2 aromatic heterocycles. The lowest BCUT2D eigenvalue weighted by Gasteiger charge is -2.06. The van der Waals surface area contributed by atoms with Crippen LogP contribution in [0.3, 0.4) is 0 Å². The summed E-state index contributed by atoms with van der Waals surface area (Å²) in [6.45, 7) is 5.56. The highest BCUT2D eigenvalue weighted by Gasteiger charge is 2.11. The zero-order valence-electron chi connectivity index (χ0n) is 10.1. The summed E-state index contributed by atoms with van der Waals surface area (Å²) < 4.78 is 0. The average molecular weight is 283 g/mol. The highest BCUT2D eigenvalue weighted by molar-refractivity contribution is 7.99. The minimum atomic E-state index is -0.179. The summed E-state index contributed by atoms with van der Waals surface area (Å²) in [4.78, 5) is 18.2. The Morgan fingerprint density at radius 3 is 2.61 bits per heavy atom. The number of halogens is 1. The van der Waals surface area contributed by atoms with Crippen LogP contribution in [0, 0.1) is 20.8 Å². The van der Waals surface area contributed by atoms with E-state index in [-0.39, 0.29) is 5.56 Å². The molecule has 2 heterocycles. The third kappa shape index (κ3) is 2.70. The van der Waals surface area contributed by atoms with E-state index in [4.69, 9.17) is 11.6 Å². The molecule has 2 aromatic rings. The van der Waals surface area contributed by atoms with Crippen molar-refractivity contribution in [3.8, 4) is 0 Å². The Kier molecular flexibility index (Phi) is 3.68. The van der Waals surface area contributed by atoms with Crippen LogP contribution in [0.4, 0.5) is 0 Å². The molecule has 2 rings (SSSR count). The topological polar surface area (TPSA) is 71.5 Å². The Morgan fingerprint density at radius 1 is 1.22 bits per heavy atom. The summed E-state index contributed by atoms with van der Waals surface area (Å²) in [5.41, 5.74) is 2.30. The Balaban J connectivity index is 2.40. The van der Waals surface area contributed by atoms with Crippen molar-refractivity contribution >= 4 is 23.4 Å². The maximum atomic E-state index is 11.3. The van der Waals surface area contributed by atoms with Gasteiger partial charge in [0.1, 0.15) is 5.03 Å². The van der Waals surface area contributed by atoms with Crippen molar-refractivity contribution in [2.24, 2.45) is 0 Å². The third-order valence-corrected chi connectivity index (χ3v) is 3.79. The third-order valence-electron chi connectivity index (χ3n) is 2.46. The quantitative estimate of drug-likeness (QED) is 0.856. The lowest BCUT2D eigenvalue weighted by molar-refractivity contribution is 0.868. The van der Waals surface area contributed by atoms with Crippen LogP contribution < -0.4 is 5.56 Å². The van der Waals surface area contributed by atoms with E-state index in [1.54, 1.807) is 6.92 Å². The van der Waals surface area contributed by atoms with Crippen molar-refractivity contribution in [1.82, 2.24) is 20.2 Å². The molecule has 0 bridgehead atoms. The number of nitrogens with zero attached hydrogens (tertiary/aromatic N) is 3. The van der Waals surface area contributed by atoms with Crippen LogP contribution in [0.5, 0.6) is 0 Å². The largest absolute Gasteiger partial charge is 0.301 e. The Bertz CT molecular complexity index is 656. The zero-order chi connectivity index (χ0) is 13.3. The van der Waals surface area contributed by atoms with Gasteiger partial charge < -0.3 is 4.98 Å². The minimum Gasteiger partial charge on any atom is -0.301 e. The highest BCUT2D eigenvalue weighted by atomic mass is 35.5. The van der Waals surface area contributed by atoms with Gasteiger partial charge in [0.05, 0.1) is 0 Å².